The van der Waals surface area contributed by atoms with E-state index in [0.29, 0.717) is 6.42 Å². The van der Waals surface area contributed by atoms with Gasteiger partial charge in [0.15, 0.2) is 0 Å². The minimum atomic E-state index is 0.0909. The lowest BCUT2D eigenvalue weighted by atomic mass is 9.76. The first kappa shape index (κ1) is 8.96. The maximum absolute atomic E-state index is 11.5. The van der Waals surface area contributed by atoms with Crippen LogP contribution in [0.3, 0.4) is 0 Å². The maximum Gasteiger partial charge on any atom is 0.221 e. The Bertz CT molecular complexity index is 426. The average molecular weight is 201 g/mol. The fourth-order valence-corrected chi connectivity index (χ4v) is 3.22. The second kappa shape index (κ2) is 2.84. The van der Waals surface area contributed by atoms with Crippen molar-refractivity contribution in [2.75, 3.05) is 0 Å². The molecule has 3 rings (SSSR count). The molecule has 2 unspecified atom stereocenters. The highest BCUT2D eigenvalue weighted by Crippen LogP contribution is 2.46. The Morgan fingerprint density at radius 3 is 2.93 bits per heavy atom. The zero-order valence-electron chi connectivity index (χ0n) is 8.92. The van der Waals surface area contributed by atoms with Crippen molar-refractivity contribution < 1.29 is 4.79 Å². The van der Waals surface area contributed by atoms with Crippen LogP contribution in [0.15, 0.2) is 24.3 Å². The van der Waals surface area contributed by atoms with Gasteiger partial charge in [-0.15, -0.1) is 0 Å². The van der Waals surface area contributed by atoms with Crippen molar-refractivity contribution in [1.82, 2.24) is 5.32 Å². The quantitative estimate of drug-likeness (QED) is 0.681. The predicted octanol–water partition coefficient (Wildman–Crippen LogP) is 1.78. The van der Waals surface area contributed by atoms with E-state index in [-0.39, 0.29) is 17.4 Å². The summed E-state index contributed by atoms with van der Waals surface area (Å²) in [6.45, 7) is 2.13. The zero-order valence-corrected chi connectivity index (χ0v) is 8.92. The van der Waals surface area contributed by atoms with E-state index in [0.717, 1.165) is 12.8 Å². The molecule has 1 aliphatic carbocycles. The Balaban J connectivity index is 2.13. The third kappa shape index (κ3) is 1.08. The molecule has 1 fully saturated rings. The van der Waals surface area contributed by atoms with E-state index in [1.807, 2.05) is 0 Å². The Labute approximate surface area is 89.7 Å². The normalized spacial score (nSPS) is 33.1. The van der Waals surface area contributed by atoms with Crippen molar-refractivity contribution in [3.8, 4) is 0 Å². The molecule has 0 saturated carbocycles. The number of nitrogens with one attached hydrogen (secondary N) is 1. The molecular formula is C13H15NO. The van der Waals surface area contributed by atoms with Crippen molar-refractivity contribution >= 4 is 5.91 Å². The lowest BCUT2D eigenvalue weighted by Crippen LogP contribution is -2.36. The van der Waals surface area contributed by atoms with Gasteiger partial charge in [-0.05, 0) is 30.9 Å². The minimum Gasteiger partial charge on any atom is -0.353 e. The van der Waals surface area contributed by atoms with E-state index in [9.17, 15) is 4.79 Å². The van der Waals surface area contributed by atoms with Gasteiger partial charge in [-0.2, -0.15) is 0 Å². The summed E-state index contributed by atoms with van der Waals surface area (Å²) in [5.41, 5.74) is 2.92. The third-order valence-corrected chi connectivity index (χ3v) is 4.08. The van der Waals surface area contributed by atoms with Crippen LogP contribution < -0.4 is 5.32 Å². The summed E-state index contributed by atoms with van der Waals surface area (Å²) in [5, 5.41) is 3.05. The summed E-state index contributed by atoms with van der Waals surface area (Å²) in [6.07, 6.45) is 2.91. The molecule has 2 atom stereocenters. The van der Waals surface area contributed by atoms with Crippen LogP contribution in [0, 0.1) is 0 Å². The van der Waals surface area contributed by atoms with Crippen LogP contribution in [-0.4, -0.2) is 11.9 Å². The maximum atomic E-state index is 11.5. The highest BCUT2D eigenvalue weighted by atomic mass is 16.2. The first-order chi connectivity index (χ1) is 7.22. The van der Waals surface area contributed by atoms with Gasteiger partial charge in [-0.25, -0.2) is 0 Å². The molecule has 1 spiro atoms. The van der Waals surface area contributed by atoms with Crippen molar-refractivity contribution in [2.45, 2.75) is 37.6 Å². The molecule has 1 N–H and O–H groups in total. The van der Waals surface area contributed by atoms with Gasteiger partial charge in [0.05, 0.1) is 0 Å². The van der Waals surface area contributed by atoms with Crippen LogP contribution >= 0.6 is 0 Å². The smallest absolute Gasteiger partial charge is 0.221 e. The summed E-state index contributed by atoms with van der Waals surface area (Å²) in [5.74, 6) is 0.208. The van der Waals surface area contributed by atoms with Gasteiger partial charge in [0.1, 0.15) is 0 Å². The molecule has 15 heavy (non-hydrogen) atoms. The molecule has 2 nitrogen and oxygen atoms in total. The highest BCUT2D eigenvalue weighted by molar-refractivity contribution is 5.82. The van der Waals surface area contributed by atoms with E-state index in [2.05, 4.69) is 36.5 Å². The molecule has 1 aliphatic heterocycles. The monoisotopic (exact) mass is 201 g/mol. The molecule has 0 aromatic heterocycles. The molecule has 2 aliphatic rings. The van der Waals surface area contributed by atoms with E-state index in [4.69, 9.17) is 0 Å². The van der Waals surface area contributed by atoms with Crippen molar-refractivity contribution in [2.24, 2.45) is 0 Å². The molecule has 1 aromatic carbocycles. The molecule has 1 saturated heterocycles. The Morgan fingerprint density at radius 2 is 2.20 bits per heavy atom. The standard InChI is InChI=1S/C13H15NO/c1-9-13(8-12(15)14-9)7-6-10-4-2-3-5-11(10)13/h2-5,9H,6-8H2,1H3,(H,14,15). The molecular weight excluding hydrogens is 186 g/mol. The molecule has 2 heteroatoms. The van der Waals surface area contributed by atoms with Crippen LogP contribution in [0.25, 0.3) is 0 Å². The van der Waals surface area contributed by atoms with Crippen molar-refractivity contribution in [3.05, 3.63) is 35.4 Å². The number of fused-ring (bicyclic) bond motifs is 2. The van der Waals surface area contributed by atoms with Gasteiger partial charge in [0.25, 0.3) is 0 Å². The zero-order chi connectivity index (χ0) is 10.5. The van der Waals surface area contributed by atoms with E-state index >= 15 is 0 Å². The van der Waals surface area contributed by atoms with Crippen LogP contribution in [-0.2, 0) is 16.6 Å². The van der Waals surface area contributed by atoms with Gasteiger partial charge in [0.2, 0.25) is 5.91 Å². The predicted molar refractivity (Wildman–Crippen MR) is 58.7 cm³/mol. The first-order valence-corrected chi connectivity index (χ1v) is 5.60. The fraction of sp³-hybridized carbons (Fsp3) is 0.462. The van der Waals surface area contributed by atoms with Gasteiger partial charge in [0, 0.05) is 17.9 Å². The number of benzene rings is 1. The van der Waals surface area contributed by atoms with Crippen LogP contribution in [0.2, 0.25) is 0 Å². The second-order valence-electron chi connectivity index (χ2n) is 4.78. The lowest BCUT2D eigenvalue weighted by molar-refractivity contribution is -0.119. The molecule has 0 radical (unpaired) electrons. The molecule has 0 bridgehead atoms. The average Bonchev–Trinajstić information content (AvgIpc) is 2.72. The van der Waals surface area contributed by atoms with Gasteiger partial charge < -0.3 is 5.32 Å². The summed E-state index contributed by atoms with van der Waals surface area (Å²) >= 11 is 0. The topological polar surface area (TPSA) is 29.1 Å². The van der Waals surface area contributed by atoms with Crippen LogP contribution in [0.1, 0.15) is 30.9 Å². The van der Waals surface area contributed by atoms with Gasteiger partial charge in [-0.3, -0.25) is 4.79 Å². The largest absolute Gasteiger partial charge is 0.353 e. The molecule has 1 amide bonds. The van der Waals surface area contributed by atoms with E-state index in [1.54, 1.807) is 0 Å². The first-order valence-electron chi connectivity index (χ1n) is 5.60. The lowest BCUT2D eigenvalue weighted by Gasteiger charge is -2.28. The van der Waals surface area contributed by atoms with Gasteiger partial charge in [-0.1, -0.05) is 24.3 Å². The second-order valence-corrected chi connectivity index (χ2v) is 4.78. The van der Waals surface area contributed by atoms with E-state index in [1.165, 1.54) is 11.1 Å². The van der Waals surface area contributed by atoms with Crippen LogP contribution in [0.5, 0.6) is 0 Å². The van der Waals surface area contributed by atoms with Crippen LogP contribution in [0.4, 0.5) is 0 Å². The Morgan fingerprint density at radius 1 is 1.40 bits per heavy atom. The summed E-state index contributed by atoms with van der Waals surface area (Å²) < 4.78 is 0. The number of hydrogen-bond acceptors (Lipinski definition) is 1. The Hall–Kier alpha value is -1.31. The number of carbonyl (C=O) groups is 1. The summed E-state index contributed by atoms with van der Waals surface area (Å²) in [6, 6.07) is 8.85. The third-order valence-electron chi connectivity index (χ3n) is 4.08. The van der Waals surface area contributed by atoms with Crippen molar-refractivity contribution in [3.63, 3.8) is 0 Å². The minimum absolute atomic E-state index is 0.0909. The summed E-state index contributed by atoms with van der Waals surface area (Å²) in [7, 11) is 0. The van der Waals surface area contributed by atoms with E-state index < -0.39 is 0 Å². The number of aryl methyl sites for hydroxylation is 1. The molecule has 1 heterocycles. The number of amides is 1. The van der Waals surface area contributed by atoms with Gasteiger partial charge >= 0.3 is 0 Å². The number of carbonyl (C=O) groups excluding carboxylic acids is 1. The highest BCUT2D eigenvalue weighted by Gasteiger charge is 2.49. The van der Waals surface area contributed by atoms with Crippen molar-refractivity contribution in [1.29, 1.82) is 0 Å². The number of hydrogen-bond donors (Lipinski definition) is 1. The molecule has 1 aromatic rings. The number of rotatable bonds is 0. The summed E-state index contributed by atoms with van der Waals surface area (Å²) in [4.78, 5) is 11.5. The SMILES string of the molecule is CC1NC(=O)CC12CCc1ccccc12. The molecule has 78 valence electrons. The fourth-order valence-electron chi connectivity index (χ4n) is 3.22. The Kier molecular flexibility index (Phi) is 1.70.